The Balaban J connectivity index is 2.13. The highest BCUT2D eigenvalue weighted by Crippen LogP contribution is 2.22. The van der Waals surface area contributed by atoms with Crippen LogP contribution in [-0.4, -0.2) is 16.0 Å². The molecule has 0 aliphatic heterocycles. The molecule has 5 nitrogen and oxygen atoms in total. The number of nitrogen functional groups attached to an aromatic ring is 1. The van der Waals surface area contributed by atoms with E-state index in [1.165, 1.54) is 11.3 Å². The number of aromatic hydroxyl groups is 1. The molecule has 100 valence electrons. The summed E-state index contributed by atoms with van der Waals surface area (Å²) in [7, 11) is 0. The van der Waals surface area contributed by atoms with Crippen LogP contribution in [-0.2, 0) is 0 Å². The number of phenolic OH excluding ortho intramolecular Hbond substituents is 1. The van der Waals surface area contributed by atoms with Gasteiger partial charge in [0.25, 0.3) is 5.91 Å². The van der Waals surface area contributed by atoms with Gasteiger partial charge in [-0.3, -0.25) is 4.79 Å². The predicted octanol–water partition coefficient (Wildman–Crippen LogP) is 2.23. The van der Waals surface area contributed by atoms with Crippen molar-refractivity contribution in [1.82, 2.24) is 10.3 Å². The number of hydrogen-bond acceptors (Lipinski definition) is 5. The second-order valence-electron chi connectivity index (χ2n) is 4.26. The fourth-order valence-electron chi connectivity index (χ4n) is 1.77. The lowest BCUT2D eigenvalue weighted by molar-refractivity contribution is 0.0943. The first kappa shape index (κ1) is 13.4. The van der Waals surface area contributed by atoms with Crippen molar-refractivity contribution in [2.75, 3.05) is 5.73 Å². The van der Waals surface area contributed by atoms with Crippen LogP contribution in [0, 0.1) is 6.92 Å². The summed E-state index contributed by atoms with van der Waals surface area (Å²) in [4.78, 5) is 16.6. The zero-order valence-electron chi connectivity index (χ0n) is 10.7. The molecule has 0 aliphatic carbocycles. The van der Waals surface area contributed by atoms with E-state index in [0.717, 1.165) is 5.56 Å². The topological polar surface area (TPSA) is 88.2 Å². The monoisotopic (exact) mass is 277 g/mol. The first-order valence-electron chi connectivity index (χ1n) is 5.80. The van der Waals surface area contributed by atoms with Gasteiger partial charge in [0.1, 0.15) is 10.6 Å². The minimum atomic E-state index is -0.206. The van der Waals surface area contributed by atoms with E-state index in [2.05, 4.69) is 10.3 Å². The van der Waals surface area contributed by atoms with Crippen molar-refractivity contribution in [3.8, 4) is 5.75 Å². The Morgan fingerprint density at radius 2 is 2.26 bits per heavy atom. The zero-order valence-corrected chi connectivity index (χ0v) is 11.5. The van der Waals surface area contributed by atoms with Crippen LogP contribution in [0.5, 0.6) is 5.75 Å². The van der Waals surface area contributed by atoms with Gasteiger partial charge in [0.15, 0.2) is 5.13 Å². The molecule has 1 atom stereocenters. The Morgan fingerprint density at radius 1 is 1.53 bits per heavy atom. The van der Waals surface area contributed by atoms with Crippen LogP contribution in [0.3, 0.4) is 0 Å². The highest BCUT2D eigenvalue weighted by molar-refractivity contribution is 7.17. The van der Waals surface area contributed by atoms with Gasteiger partial charge in [0.2, 0.25) is 0 Å². The summed E-state index contributed by atoms with van der Waals surface area (Å²) >= 11 is 1.17. The quantitative estimate of drug-likeness (QED) is 0.802. The lowest BCUT2D eigenvalue weighted by Crippen LogP contribution is -2.26. The van der Waals surface area contributed by atoms with Gasteiger partial charge in [-0.25, -0.2) is 4.98 Å². The van der Waals surface area contributed by atoms with Crippen molar-refractivity contribution in [3.63, 3.8) is 0 Å². The van der Waals surface area contributed by atoms with Gasteiger partial charge in [-0.15, -0.1) is 0 Å². The smallest absolute Gasteiger partial charge is 0.263 e. The number of aromatic nitrogens is 1. The van der Waals surface area contributed by atoms with Crippen LogP contribution in [0.15, 0.2) is 24.3 Å². The fourth-order valence-corrected chi connectivity index (χ4v) is 2.50. The molecule has 0 spiro atoms. The van der Waals surface area contributed by atoms with Gasteiger partial charge in [-0.2, -0.15) is 0 Å². The SMILES string of the molecule is Cc1nc(N)sc1C(=O)NC(C)c1cccc(O)c1. The lowest BCUT2D eigenvalue weighted by atomic mass is 10.1. The number of rotatable bonds is 3. The Labute approximate surface area is 115 Å². The fraction of sp³-hybridized carbons (Fsp3) is 0.231. The second kappa shape index (κ2) is 5.27. The van der Waals surface area contributed by atoms with Crippen molar-refractivity contribution in [2.24, 2.45) is 0 Å². The molecule has 19 heavy (non-hydrogen) atoms. The summed E-state index contributed by atoms with van der Waals surface area (Å²) in [5.41, 5.74) is 7.04. The molecule has 0 saturated heterocycles. The Morgan fingerprint density at radius 3 is 2.84 bits per heavy atom. The number of nitrogens with zero attached hydrogens (tertiary/aromatic N) is 1. The molecule has 4 N–H and O–H groups in total. The van der Waals surface area contributed by atoms with Crippen molar-refractivity contribution >= 4 is 22.4 Å². The number of phenols is 1. The third-order valence-corrected chi connectivity index (χ3v) is 3.72. The van der Waals surface area contributed by atoms with E-state index in [1.807, 2.05) is 13.0 Å². The van der Waals surface area contributed by atoms with Crippen LogP contribution < -0.4 is 11.1 Å². The third-order valence-electron chi connectivity index (χ3n) is 2.74. The highest BCUT2D eigenvalue weighted by Gasteiger charge is 2.17. The second-order valence-corrected chi connectivity index (χ2v) is 5.29. The van der Waals surface area contributed by atoms with Crippen molar-refractivity contribution < 1.29 is 9.90 Å². The van der Waals surface area contributed by atoms with Crippen LogP contribution in [0.4, 0.5) is 5.13 Å². The van der Waals surface area contributed by atoms with E-state index < -0.39 is 0 Å². The Kier molecular flexibility index (Phi) is 3.71. The lowest BCUT2D eigenvalue weighted by Gasteiger charge is -2.14. The van der Waals surface area contributed by atoms with Gasteiger partial charge in [0.05, 0.1) is 11.7 Å². The average Bonchev–Trinajstić information content (AvgIpc) is 2.68. The number of nitrogens with one attached hydrogen (secondary N) is 1. The van der Waals surface area contributed by atoms with Gasteiger partial charge < -0.3 is 16.2 Å². The number of carbonyl (C=O) groups is 1. The number of amides is 1. The van der Waals surface area contributed by atoms with E-state index in [9.17, 15) is 9.90 Å². The number of benzene rings is 1. The summed E-state index contributed by atoms with van der Waals surface area (Å²) < 4.78 is 0. The summed E-state index contributed by atoms with van der Waals surface area (Å²) in [5, 5.41) is 12.7. The molecule has 0 fully saturated rings. The number of nitrogens with two attached hydrogens (primary N) is 1. The average molecular weight is 277 g/mol. The van der Waals surface area contributed by atoms with Crippen LogP contribution in [0.1, 0.15) is 33.9 Å². The van der Waals surface area contributed by atoms with Crippen LogP contribution in [0.25, 0.3) is 0 Å². The normalized spacial score (nSPS) is 12.1. The Bertz CT molecular complexity index is 610. The molecule has 1 heterocycles. The summed E-state index contributed by atoms with van der Waals surface area (Å²) in [6, 6.07) is 6.59. The van der Waals surface area contributed by atoms with Gasteiger partial charge >= 0.3 is 0 Å². The van der Waals surface area contributed by atoms with Crippen LogP contribution >= 0.6 is 11.3 Å². The highest BCUT2D eigenvalue weighted by atomic mass is 32.1. The molecule has 1 amide bonds. The maximum atomic E-state index is 12.1. The molecule has 1 aromatic heterocycles. The summed E-state index contributed by atoms with van der Waals surface area (Å²) in [5.74, 6) is -0.0284. The zero-order chi connectivity index (χ0) is 14.0. The number of hydrogen-bond donors (Lipinski definition) is 3. The van der Waals surface area contributed by atoms with E-state index in [-0.39, 0.29) is 17.7 Å². The third kappa shape index (κ3) is 3.03. The Hall–Kier alpha value is -2.08. The van der Waals surface area contributed by atoms with Gasteiger partial charge in [-0.1, -0.05) is 23.5 Å². The first-order valence-corrected chi connectivity index (χ1v) is 6.61. The maximum Gasteiger partial charge on any atom is 0.263 e. The molecule has 1 aromatic carbocycles. The molecule has 0 bridgehead atoms. The van der Waals surface area contributed by atoms with Crippen molar-refractivity contribution in [2.45, 2.75) is 19.9 Å². The standard InChI is InChI=1S/C13H15N3O2S/c1-7(9-4-3-5-10(17)6-9)15-12(18)11-8(2)16-13(14)19-11/h3-7,17H,1-2H3,(H2,14,16)(H,15,18). The maximum absolute atomic E-state index is 12.1. The molecule has 2 rings (SSSR count). The number of thiazole rings is 1. The molecule has 2 aromatic rings. The molecule has 0 aliphatic rings. The summed E-state index contributed by atoms with van der Waals surface area (Å²) in [6.07, 6.45) is 0. The molecule has 1 unspecified atom stereocenters. The molecule has 0 saturated carbocycles. The minimum absolute atomic E-state index is 0.178. The van der Waals surface area contributed by atoms with Crippen molar-refractivity contribution in [3.05, 3.63) is 40.4 Å². The largest absolute Gasteiger partial charge is 0.508 e. The number of anilines is 1. The van der Waals surface area contributed by atoms with E-state index in [4.69, 9.17) is 5.73 Å². The molecule has 6 heteroatoms. The van der Waals surface area contributed by atoms with E-state index in [1.54, 1.807) is 25.1 Å². The van der Waals surface area contributed by atoms with Gasteiger partial charge in [-0.05, 0) is 31.5 Å². The molecule has 0 radical (unpaired) electrons. The van der Waals surface area contributed by atoms with Crippen LogP contribution in [0.2, 0.25) is 0 Å². The van der Waals surface area contributed by atoms with E-state index >= 15 is 0 Å². The summed E-state index contributed by atoms with van der Waals surface area (Å²) in [6.45, 7) is 3.60. The van der Waals surface area contributed by atoms with Gasteiger partial charge in [0, 0.05) is 0 Å². The molecular weight excluding hydrogens is 262 g/mol. The van der Waals surface area contributed by atoms with Crippen molar-refractivity contribution in [1.29, 1.82) is 0 Å². The number of aryl methyl sites for hydroxylation is 1. The predicted molar refractivity (Wildman–Crippen MR) is 75.3 cm³/mol. The van der Waals surface area contributed by atoms with E-state index in [0.29, 0.717) is 15.7 Å². The molecular formula is C13H15N3O2S. The number of carbonyl (C=O) groups excluding carboxylic acids is 1. The first-order chi connectivity index (χ1) is 8.97. The minimum Gasteiger partial charge on any atom is -0.508 e.